The van der Waals surface area contributed by atoms with Crippen molar-refractivity contribution in [2.24, 2.45) is 23.2 Å². The van der Waals surface area contributed by atoms with Gasteiger partial charge in [0.05, 0.1) is 12.0 Å². The molecule has 2 aliphatic rings. The van der Waals surface area contributed by atoms with Crippen molar-refractivity contribution in [1.29, 1.82) is 0 Å². The molecule has 5 heteroatoms. The summed E-state index contributed by atoms with van der Waals surface area (Å²) in [5.41, 5.74) is -0.475. The molecule has 0 aromatic carbocycles. The molecule has 0 aliphatic heterocycles. The summed E-state index contributed by atoms with van der Waals surface area (Å²) in [5.74, 6) is 1.18. The maximum atomic E-state index is 11.9. The van der Waals surface area contributed by atoms with E-state index >= 15 is 0 Å². The summed E-state index contributed by atoms with van der Waals surface area (Å²) in [5, 5.41) is 0. The third-order valence-corrected chi connectivity index (χ3v) is 5.62. The van der Waals surface area contributed by atoms with Gasteiger partial charge in [0.2, 0.25) is 0 Å². The van der Waals surface area contributed by atoms with Crippen LogP contribution in [0.5, 0.6) is 0 Å². The van der Waals surface area contributed by atoms with Gasteiger partial charge >= 0.3 is 11.9 Å². The predicted octanol–water partition coefficient (Wildman–Crippen LogP) is 2.96. The lowest BCUT2D eigenvalue weighted by Gasteiger charge is -2.27. The van der Waals surface area contributed by atoms with Crippen LogP contribution < -0.4 is 0 Å². The highest BCUT2D eigenvalue weighted by Crippen LogP contribution is 2.49. The Labute approximate surface area is 139 Å². The first-order valence-electron chi connectivity index (χ1n) is 8.79. The summed E-state index contributed by atoms with van der Waals surface area (Å²) in [6, 6.07) is 0. The summed E-state index contributed by atoms with van der Waals surface area (Å²) in [7, 11) is 0. The van der Waals surface area contributed by atoms with Crippen molar-refractivity contribution < 1.29 is 23.8 Å². The fourth-order valence-corrected chi connectivity index (χ4v) is 3.60. The number of rotatable bonds is 8. The highest BCUT2D eigenvalue weighted by molar-refractivity contribution is 5.75. The van der Waals surface area contributed by atoms with Crippen molar-refractivity contribution in [2.75, 3.05) is 19.8 Å². The van der Waals surface area contributed by atoms with Gasteiger partial charge in [0, 0.05) is 0 Å². The molecule has 2 aliphatic carbocycles. The van der Waals surface area contributed by atoms with Gasteiger partial charge in [0.15, 0.2) is 0 Å². The molecule has 4 atom stereocenters. The van der Waals surface area contributed by atoms with Crippen LogP contribution in [0.3, 0.4) is 0 Å². The number of hydrogen-bond acceptors (Lipinski definition) is 5. The van der Waals surface area contributed by atoms with Gasteiger partial charge in [-0.15, -0.1) is 0 Å². The van der Waals surface area contributed by atoms with Gasteiger partial charge in [0.1, 0.15) is 19.3 Å². The molecule has 2 saturated carbocycles. The van der Waals surface area contributed by atoms with E-state index in [0.717, 1.165) is 12.3 Å². The van der Waals surface area contributed by atoms with E-state index in [9.17, 15) is 9.59 Å². The Hall–Kier alpha value is -1.10. The molecule has 0 radical (unpaired) electrons. The molecule has 0 N–H and O–H groups in total. The molecule has 2 fully saturated rings. The Kier molecular flexibility index (Phi) is 6.06. The molecule has 132 valence electrons. The zero-order valence-electron chi connectivity index (χ0n) is 14.8. The van der Waals surface area contributed by atoms with E-state index in [1.807, 2.05) is 20.8 Å². The highest BCUT2D eigenvalue weighted by Gasteiger charge is 2.47. The normalized spacial score (nSPS) is 29.6. The molecule has 4 unspecified atom stereocenters. The Balaban J connectivity index is 1.58. The second-order valence-corrected chi connectivity index (χ2v) is 7.57. The summed E-state index contributed by atoms with van der Waals surface area (Å²) in [6.45, 7) is 8.14. The van der Waals surface area contributed by atoms with E-state index in [1.165, 1.54) is 19.3 Å². The Morgan fingerprint density at radius 2 is 1.83 bits per heavy atom. The number of fused-ring (bicyclic) bond motifs is 2. The van der Waals surface area contributed by atoms with Crippen LogP contribution in [-0.2, 0) is 23.8 Å². The highest BCUT2D eigenvalue weighted by atomic mass is 16.6. The third kappa shape index (κ3) is 4.46. The number of carbonyl (C=O) groups excluding carboxylic acids is 2. The molecule has 0 amide bonds. The first-order valence-corrected chi connectivity index (χ1v) is 8.79. The summed E-state index contributed by atoms with van der Waals surface area (Å²) >= 11 is 0. The van der Waals surface area contributed by atoms with Gasteiger partial charge in [-0.25, -0.2) is 4.79 Å². The molecule has 0 aromatic rings. The molecule has 0 saturated heterocycles. The molecular weight excluding hydrogens is 296 g/mol. The van der Waals surface area contributed by atoms with Crippen molar-refractivity contribution in [2.45, 2.75) is 59.5 Å². The predicted molar refractivity (Wildman–Crippen MR) is 85.7 cm³/mol. The molecule has 0 aromatic heterocycles. The van der Waals surface area contributed by atoms with Gasteiger partial charge in [-0.1, -0.05) is 13.8 Å². The maximum absolute atomic E-state index is 11.9. The zero-order valence-corrected chi connectivity index (χ0v) is 14.8. The van der Waals surface area contributed by atoms with E-state index in [2.05, 4.69) is 6.92 Å². The molecule has 2 rings (SSSR count). The first kappa shape index (κ1) is 18.2. The minimum absolute atomic E-state index is 0.0630. The molecule has 0 heterocycles. The SMILES string of the molecule is CCC(C)(C)C(=O)OCCOCC(=O)OC1C2CCC(C2)C1C. The fraction of sp³-hybridized carbons (Fsp3) is 0.889. The largest absolute Gasteiger partial charge is 0.463 e. The quantitative estimate of drug-likeness (QED) is 0.507. The topological polar surface area (TPSA) is 61.8 Å². The average molecular weight is 326 g/mol. The molecule has 2 bridgehead atoms. The number of carbonyl (C=O) groups is 2. The van der Waals surface area contributed by atoms with Crippen LogP contribution in [0.15, 0.2) is 0 Å². The lowest BCUT2D eigenvalue weighted by Crippen LogP contribution is -2.32. The van der Waals surface area contributed by atoms with Crippen LogP contribution in [-0.4, -0.2) is 37.9 Å². The van der Waals surface area contributed by atoms with Crippen molar-refractivity contribution in [3.63, 3.8) is 0 Å². The van der Waals surface area contributed by atoms with Crippen molar-refractivity contribution >= 4 is 11.9 Å². The lowest BCUT2D eigenvalue weighted by atomic mass is 9.88. The van der Waals surface area contributed by atoms with Crippen LogP contribution in [0.1, 0.15) is 53.4 Å². The van der Waals surface area contributed by atoms with Crippen LogP contribution in [0.4, 0.5) is 0 Å². The summed E-state index contributed by atoms with van der Waals surface area (Å²) < 4.78 is 16.0. The number of esters is 2. The van der Waals surface area contributed by atoms with Crippen molar-refractivity contribution in [3.8, 4) is 0 Å². The van der Waals surface area contributed by atoms with E-state index < -0.39 is 5.41 Å². The molecule has 23 heavy (non-hydrogen) atoms. The minimum Gasteiger partial charge on any atom is -0.463 e. The molecule has 5 nitrogen and oxygen atoms in total. The van der Waals surface area contributed by atoms with Crippen LogP contribution in [0.25, 0.3) is 0 Å². The number of ether oxygens (including phenoxy) is 3. The monoisotopic (exact) mass is 326 g/mol. The van der Waals surface area contributed by atoms with Crippen molar-refractivity contribution in [1.82, 2.24) is 0 Å². The molecule has 0 spiro atoms. The van der Waals surface area contributed by atoms with E-state index in [4.69, 9.17) is 14.2 Å². The third-order valence-electron chi connectivity index (χ3n) is 5.62. The maximum Gasteiger partial charge on any atom is 0.332 e. The second-order valence-electron chi connectivity index (χ2n) is 7.57. The Bertz CT molecular complexity index is 429. The van der Waals surface area contributed by atoms with Crippen LogP contribution in [0, 0.1) is 23.2 Å². The first-order chi connectivity index (χ1) is 10.8. The number of hydrogen-bond donors (Lipinski definition) is 0. The Morgan fingerprint density at radius 3 is 2.43 bits per heavy atom. The lowest BCUT2D eigenvalue weighted by molar-refractivity contribution is -0.161. The van der Waals surface area contributed by atoms with E-state index in [1.54, 1.807) is 0 Å². The van der Waals surface area contributed by atoms with Crippen LogP contribution >= 0.6 is 0 Å². The van der Waals surface area contributed by atoms with Crippen LogP contribution in [0.2, 0.25) is 0 Å². The standard InChI is InChI=1S/C18H30O5/c1-5-18(3,4)17(20)22-9-8-21-11-15(19)23-16-12(2)13-6-7-14(16)10-13/h12-14,16H,5-11H2,1-4H3. The van der Waals surface area contributed by atoms with Gasteiger partial charge in [-0.3, -0.25) is 4.79 Å². The van der Waals surface area contributed by atoms with E-state index in [0.29, 0.717) is 11.8 Å². The Morgan fingerprint density at radius 1 is 1.13 bits per heavy atom. The molecular formula is C18H30O5. The van der Waals surface area contributed by atoms with Gasteiger partial charge in [0.25, 0.3) is 0 Å². The van der Waals surface area contributed by atoms with E-state index in [-0.39, 0.29) is 37.9 Å². The minimum atomic E-state index is -0.475. The fourth-order valence-electron chi connectivity index (χ4n) is 3.60. The average Bonchev–Trinajstić information content (AvgIpc) is 3.10. The summed E-state index contributed by atoms with van der Waals surface area (Å²) in [6.07, 6.45) is 4.43. The second kappa shape index (κ2) is 7.65. The smallest absolute Gasteiger partial charge is 0.332 e. The van der Waals surface area contributed by atoms with Crippen molar-refractivity contribution in [3.05, 3.63) is 0 Å². The van der Waals surface area contributed by atoms with Gasteiger partial charge in [-0.05, 0) is 57.3 Å². The summed E-state index contributed by atoms with van der Waals surface area (Å²) in [4.78, 5) is 23.6. The van der Waals surface area contributed by atoms with Gasteiger partial charge in [-0.2, -0.15) is 0 Å². The zero-order chi connectivity index (χ0) is 17.0. The van der Waals surface area contributed by atoms with Gasteiger partial charge < -0.3 is 14.2 Å².